The number of hydrogen-bond acceptors (Lipinski definition) is 3. The number of amides is 3. The Morgan fingerprint density at radius 2 is 2.17 bits per heavy atom. The molecule has 1 aromatic heterocycles. The molecule has 0 bridgehead atoms. The first-order valence-electron chi connectivity index (χ1n) is 7.06. The summed E-state index contributed by atoms with van der Waals surface area (Å²) in [5.41, 5.74) is 1.63. The molecule has 1 saturated heterocycles. The number of pyridine rings is 1. The van der Waals surface area contributed by atoms with Crippen LogP contribution in [-0.2, 0) is 11.3 Å². The molecule has 1 atom stereocenters. The van der Waals surface area contributed by atoms with E-state index in [4.69, 9.17) is 0 Å². The number of hydrogen-bond donors (Lipinski definition) is 2. The van der Waals surface area contributed by atoms with Crippen molar-refractivity contribution >= 4 is 11.9 Å². The highest BCUT2D eigenvalue weighted by atomic mass is 19.4. The van der Waals surface area contributed by atoms with Gasteiger partial charge in [-0.05, 0) is 25.0 Å². The maximum atomic E-state index is 12.3. The summed E-state index contributed by atoms with van der Waals surface area (Å²) in [7, 11) is 0. The number of alkyl halides is 3. The lowest BCUT2D eigenvalue weighted by Gasteiger charge is -2.18. The van der Waals surface area contributed by atoms with Crippen LogP contribution in [-0.4, -0.2) is 47.1 Å². The first-order valence-corrected chi connectivity index (χ1v) is 7.06. The van der Waals surface area contributed by atoms with E-state index in [1.54, 1.807) is 18.3 Å². The monoisotopic (exact) mass is 330 g/mol. The van der Waals surface area contributed by atoms with Gasteiger partial charge in [-0.1, -0.05) is 6.07 Å². The van der Waals surface area contributed by atoms with Gasteiger partial charge in [0.2, 0.25) is 5.91 Å². The van der Waals surface area contributed by atoms with E-state index in [-0.39, 0.29) is 19.5 Å². The molecule has 126 valence electrons. The highest BCUT2D eigenvalue weighted by Crippen LogP contribution is 2.20. The molecule has 0 aliphatic carbocycles. The zero-order valence-electron chi connectivity index (χ0n) is 12.5. The van der Waals surface area contributed by atoms with Crippen molar-refractivity contribution in [2.75, 3.05) is 13.1 Å². The SMILES string of the molecule is Cc1ccc(CNC(=O)NC2CCN(CC(F)(F)F)C2=O)cn1. The van der Waals surface area contributed by atoms with Gasteiger partial charge in [0.15, 0.2) is 0 Å². The molecular formula is C14H17F3N4O2. The second-order valence-corrected chi connectivity index (χ2v) is 5.35. The molecule has 1 aliphatic heterocycles. The summed E-state index contributed by atoms with van der Waals surface area (Å²) in [6, 6.07) is 2.07. The molecule has 6 nitrogen and oxygen atoms in total. The Kier molecular flexibility index (Phi) is 5.07. The molecule has 1 aromatic rings. The minimum Gasteiger partial charge on any atom is -0.334 e. The number of nitrogens with zero attached hydrogens (tertiary/aromatic N) is 2. The van der Waals surface area contributed by atoms with Crippen LogP contribution in [0.1, 0.15) is 17.7 Å². The largest absolute Gasteiger partial charge is 0.406 e. The predicted octanol–water partition coefficient (Wildman–Crippen LogP) is 1.35. The second kappa shape index (κ2) is 6.84. The van der Waals surface area contributed by atoms with Crippen molar-refractivity contribution in [3.8, 4) is 0 Å². The Labute approximate surface area is 131 Å². The molecule has 1 aliphatic rings. The first-order chi connectivity index (χ1) is 10.7. The molecule has 0 radical (unpaired) electrons. The smallest absolute Gasteiger partial charge is 0.334 e. The molecule has 2 heterocycles. The number of likely N-dealkylation sites (tertiary alicyclic amines) is 1. The molecule has 0 saturated carbocycles. The lowest BCUT2D eigenvalue weighted by Crippen LogP contribution is -2.47. The van der Waals surface area contributed by atoms with Crippen molar-refractivity contribution in [1.29, 1.82) is 0 Å². The van der Waals surface area contributed by atoms with Crippen LogP contribution in [0, 0.1) is 6.92 Å². The average molecular weight is 330 g/mol. The number of aryl methyl sites for hydroxylation is 1. The van der Waals surface area contributed by atoms with Gasteiger partial charge in [0, 0.05) is 25.0 Å². The van der Waals surface area contributed by atoms with Gasteiger partial charge in [0.1, 0.15) is 12.6 Å². The molecule has 2 rings (SSSR count). The van der Waals surface area contributed by atoms with Crippen LogP contribution < -0.4 is 10.6 Å². The maximum Gasteiger partial charge on any atom is 0.406 e. The van der Waals surface area contributed by atoms with Gasteiger partial charge < -0.3 is 15.5 Å². The molecule has 0 aromatic carbocycles. The lowest BCUT2D eigenvalue weighted by molar-refractivity contribution is -0.157. The second-order valence-electron chi connectivity index (χ2n) is 5.35. The van der Waals surface area contributed by atoms with Crippen LogP contribution in [0.5, 0.6) is 0 Å². The fourth-order valence-electron chi connectivity index (χ4n) is 2.24. The zero-order chi connectivity index (χ0) is 17.0. The van der Waals surface area contributed by atoms with Gasteiger partial charge in [-0.2, -0.15) is 13.2 Å². The van der Waals surface area contributed by atoms with Crippen molar-refractivity contribution in [2.45, 2.75) is 32.1 Å². The highest BCUT2D eigenvalue weighted by Gasteiger charge is 2.39. The Morgan fingerprint density at radius 1 is 1.43 bits per heavy atom. The third-order valence-corrected chi connectivity index (χ3v) is 3.40. The lowest BCUT2D eigenvalue weighted by atomic mass is 10.2. The van der Waals surface area contributed by atoms with Crippen LogP contribution in [0.15, 0.2) is 18.3 Å². The molecule has 1 unspecified atom stereocenters. The number of halogens is 3. The Hall–Kier alpha value is -2.32. The molecule has 9 heteroatoms. The summed E-state index contributed by atoms with van der Waals surface area (Å²) in [4.78, 5) is 28.3. The van der Waals surface area contributed by atoms with Crippen LogP contribution in [0.2, 0.25) is 0 Å². The van der Waals surface area contributed by atoms with Crippen molar-refractivity contribution < 1.29 is 22.8 Å². The number of aromatic nitrogens is 1. The first kappa shape index (κ1) is 17.0. The Balaban J connectivity index is 1.79. The summed E-state index contributed by atoms with van der Waals surface area (Å²) >= 11 is 0. The van der Waals surface area contributed by atoms with Crippen LogP contribution in [0.25, 0.3) is 0 Å². The van der Waals surface area contributed by atoms with E-state index in [2.05, 4.69) is 15.6 Å². The molecule has 3 amide bonds. The zero-order valence-corrected chi connectivity index (χ0v) is 12.5. The van der Waals surface area contributed by atoms with Gasteiger partial charge in [-0.15, -0.1) is 0 Å². The Bertz CT molecular complexity index is 574. The van der Waals surface area contributed by atoms with E-state index >= 15 is 0 Å². The number of urea groups is 1. The molecule has 2 N–H and O–H groups in total. The number of rotatable bonds is 4. The van der Waals surface area contributed by atoms with Crippen LogP contribution >= 0.6 is 0 Å². The molecular weight excluding hydrogens is 313 g/mol. The fraction of sp³-hybridized carbons (Fsp3) is 0.500. The van der Waals surface area contributed by atoms with Crippen molar-refractivity contribution in [3.05, 3.63) is 29.6 Å². The highest BCUT2D eigenvalue weighted by molar-refractivity contribution is 5.88. The molecule has 23 heavy (non-hydrogen) atoms. The van der Waals surface area contributed by atoms with E-state index in [1.807, 2.05) is 6.92 Å². The van der Waals surface area contributed by atoms with Crippen molar-refractivity contribution in [3.63, 3.8) is 0 Å². The van der Waals surface area contributed by atoms with E-state index in [0.717, 1.165) is 11.3 Å². The number of carbonyl (C=O) groups is 2. The van der Waals surface area contributed by atoms with Gasteiger partial charge in [0.05, 0.1) is 0 Å². The summed E-state index contributed by atoms with van der Waals surface area (Å²) in [6.07, 6.45) is -2.67. The third kappa shape index (κ3) is 5.11. The normalized spacial score (nSPS) is 18.2. The quantitative estimate of drug-likeness (QED) is 0.875. The van der Waals surface area contributed by atoms with E-state index < -0.39 is 30.7 Å². The minimum atomic E-state index is -4.44. The topological polar surface area (TPSA) is 74.3 Å². The van der Waals surface area contributed by atoms with E-state index in [1.165, 1.54) is 0 Å². The van der Waals surface area contributed by atoms with Gasteiger partial charge in [0.25, 0.3) is 0 Å². The third-order valence-electron chi connectivity index (χ3n) is 3.40. The molecule has 1 fully saturated rings. The average Bonchev–Trinajstić information content (AvgIpc) is 2.78. The number of nitrogens with one attached hydrogen (secondary N) is 2. The number of carbonyl (C=O) groups excluding carboxylic acids is 2. The van der Waals surface area contributed by atoms with Gasteiger partial charge >= 0.3 is 12.2 Å². The maximum absolute atomic E-state index is 12.3. The van der Waals surface area contributed by atoms with Crippen LogP contribution in [0.3, 0.4) is 0 Å². The van der Waals surface area contributed by atoms with Gasteiger partial charge in [-0.3, -0.25) is 9.78 Å². The Morgan fingerprint density at radius 3 is 2.78 bits per heavy atom. The van der Waals surface area contributed by atoms with E-state index in [9.17, 15) is 22.8 Å². The van der Waals surface area contributed by atoms with Crippen molar-refractivity contribution in [2.24, 2.45) is 0 Å². The molecule has 0 spiro atoms. The minimum absolute atomic E-state index is 0.0226. The summed E-state index contributed by atoms with van der Waals surface area (Å²) in [5.74, 6) is -0.713. The summed E-state index contributed by atoms with van der Waals surface area (Å²) < 4.78 is 36.9. The van der Waals surface area contributed by atoms with Crippen LogP contribution in [0.4, 0.5) is 18.0 Å². The van der Waals surface area contributed by atoms with Crippen molar-refractivity contribution in [1.82, 2.24) is 20.5 Å². The summed E-state index contributed by atoms with van der Waals surface area (Å²) in [5, 5.41) is 4.94. The van der Waals surface area contributed by atoms with E-state index in [0.29, 0.717) is 4.90 Å². The summed E-state index contributed by atoms with van der Waals surface area (Å²) in [6.45, 7) is 0.737. The fourth-order valence-corrected chi connectivity index (χ4v) is 2.24. The predicted molar refractivity (Wildman–Crippen MR) is 75.4 cm³/mol. The standard InChI is InChI=1S/C14H17F3N4O2/c1-9-2-3-10(6-18-9)7-19-13(23)20-11-4-5-21(12(11)22)8-14(15,16)17/h2-3,6,11H,4-5,7-8H2,1H3,(H2,19,20,23). The van der Waals surface area contributed by atoms with Gasteiger partial charge in [-0.25, -0.2) is 4.79 Å².